The number of hydrogen-bond donors (Lipinski definition) is 1. The van der Waals surface area contributed by atoms with Gasteiger partial charge in [0.1, 0.15) is 6.10 Å². The second-order valence-electron chi connectivity index (χ2n) is 4.91. The molecule has 4 atom stereocenters. The average molecular weight is 230 g/mol. The van der Waals surface area contributed by atoms with Crippen molar-refractivity contribution in [3.05, 3.63) is 0 Å². The summed E-state index contributed by atoms with van der Waals surface area (Å²) in [6.45, 7) is 3.63. The van der Waals surface area contributed by atoms with Gasteiger partial charge in [-0.15, -0.1) is 0 Å². The Morgan fingerprint density at radius 3 is 2.69 bits per heavy atom. The first kappa shape index (κ1) is 11.8. The smallest absolute Gasteiger partial charge is 0.305 e. The highest BCUT2D eigenvalue weighted by molar-refractivity contribution is 5.69. The van der Waals surface area contributed by atoms with Crippen molar-refractivity contribution in [2.75, 3.05) is 7.11 Å². The summed E-state index contributed by atoms with van der Waals surface area (Å²) in [4.78, 5) is 11.2. The summed E-state index contributed by atoms with van der Waals surface area (Å²) < 4.78 is 15.9. The Bertz CT molecular complexity index is 288. The highest BCUT2D eigenvalue weighted by Crippen LogP contribution is 2.42. The van der Waals surface area contributed by atoms with Crippen LogP contribution in [-0.4, -0.2) is 42.3 Å². The maximum atomic E-state index is 11.2. The molecule has 92 valence electrons. The minimum atomic E-state index is -0.675. The molecule has 2 rings (SSSR count). The summed E-state index contributed by atoms with van der Waals surface area (Å²) in [6, 6.07) is 0. The van der Waals surface area contributed by atoms with Gasteiger partial charge in [-0.25, -0.2) is 0 Å². The summed E-state index contributed by atoms with van der Waals surface area (Å²) in [5, 5.41) is 9.83. The van der Waals surface area contributed by atoms with Gasteiger partial charge in [0.05, 0.1) is 25.7 Å². The number of rotatable bonds is 2. The third-order valence-electron chi connectivity index (χ3n) is 3.21. The molecule has 1 N–H and O–H groups in total. The van der Waals surface area contributed by atoms with Crippen LogP contribution in [0.1, 0.15) is 26.7 Å². The third-order valence-corrected chi connectivity index (χ3v) is 3.21. The van der Waals surface area contributed by atoms with Crippen molar-refractivity contribution >= 4 is 5.97 Å². The summed E-state index contributed by atoms with van der Waals surface area (Å²) in [5.74, 6) is -0.967. The number of esters is 1. The predicted octanol–water partition coefficient (Wildman–Crippen LogP) is 0.450. The van der Waals surface area contributed by atoms with Crippen LogP contribution < -0.4 is 0 Å². The Kier molecular flexibility index (Phi) is 2.94. The third kappa shape index (κ3) is 2.07. The van der Waals surface area contributed by atoms with Gasteiger partial charge in [0.2, 0.25) is 0 Å². The van der Waals surface area contributed by atoms with Gasteiger partial charge in [0.25, 0.3) is 0 Å². The fourth-order valence-electron chi connectivity index (χ4n) is 2.55. The van der Waals surface area contributed by atoms with Crippen LogP contribution >= 0.6 is 0 Å². The molecule has 5 heteroatoms. The van der Waals surface area contributed by atoms with Crippen molar-refractivity contribution in [1.29, 1.82) is 0 Å². The van der Waals surface area contributed by atoms with E-state index in [-0.39, 0.29) is 30.5 Å². The topological polar surface area (TPSA) is 65.0 Å². The molecule has 1 saturated carbocycles. The first-order valence-corrected chi connectivity index (χ1v) is 5.53. The molecule has 0 radical (unpaired) electrons. The second-order valence-corrected chi connectivity index (χ2v) is 4.91. The number of carbonyl (C=O) groups excluding carboxylic acids is 1. The molecule has 0 aromatic heterocycles. The van der Waals surface area contributed by atoms with Crippen molar-refractivity contribution in [3.8, 4) is 0 Å². The van der Waals surface area contributed by atoms with Gasteiger partial charge in [-0.05, 0) is 20.3 Å². The molecular weight excluding hydrogens is 212 g/mol. The van der Waals surface area contributed by atoms with Crippen LogP contribution in [0.25, 0.3) is 0 Å². The minimum absolute atomic E-state index is 0.0192. The Balaban J connectivity index is 2.04. The van der Waals surface area contributed by atoms with Crippen LogP contribution in [0.2, 0.25) is 0 Å². The number of aliphatic hydroxyl groups is 1. The van der Waals surface area contributed by atoms with Crippen LogP contribution in [-0.2, 0) is 19.0 Å². The number of fused-ring (bicyclic) bond motifs is 1. The molecule has 0 amide bonds. The predicted molar refractivity (Wildman–Crippen MR) is 54.6 cm³/mol. The summed E-state index contributed by atoms with van der Waals surface area (Å²) in [6.07, 6.45) is -0.274. The lowest BCUT2D eigenvalue weighted by molar-refractivity contribution is -0.168. The molecular formula is C11H18O5. The summed E-state index contributed by atoms with van der Waals surface area (Å²) in [5.41, 5.74) is 0. The van der Waals surface area contributed by atoms with Gasteiger partial charge in [-0.3, -0.25) is 4.79 Å². The van der Waals surface area contributed by atoms with Crippen LogP contribution in [0.15, 0.2) is 0 Å². The highest BCUT2D eigenvalue weighted by Gasteiger charge is 2.53. The quantitative estimate of drug-likeness (QED) is 0.698. The van der Waals surface area contributed by atoms with E-state index >= 15 is 0 Å². The molecule has 1 saturated heterocycles. The zero-order valence-electron chi connectivity index (χ0n) is 9.80. The molecule has 0 aromatic rings. The van der Waals surface area contributed by atoms with Gasteiger partial charge < -0.3 is 19.3 Å². The lowest BCUT2D eigenvalue weighted by Gasteiger charge is -2.21. The average Bonchev–Trinajstić information content (AvgIpc) is 2.64. The van der Waals surface area contributed by atoms with E-state index in [1.54, 1.807) is 0 Å². The zero-order chi connectivity index (χ0) is 11.9. The molecule has 1 heterocycles. The molecule has 0 unspecified atom stereocenters. The second kappa shape index (κ2) is 3.98. The fraction of sp³-hybridized carbons (Fsp3) is 0.909. The molecule has 0 bridgehead atoms. The van der Waals surface area contributed by atoms with E-state index < -0.39 is 11.9 Å². The SMILES string of the molecule is COC(=O)C[C@H]1C[C@@H](O)[C@@H]2OC(C)(C)O[C@H]12. The van der Waals surface area contributed by atoms with E-state index in [0.29, 0.717) is 6.42 Å². The normalized spacial score (nSPS) is 40.8. The van der Waals surface area contributed by atoms with Crippen LogP contribution in [0.5, 0.6) is 0 Å². The van der Waals surface area contributed by atoms with Crippen LogP contribution in [0, 0.1) is 5.92 Å². The van der Waals surface area contributed by atoms with Crippen molar-refractivity contribution < 1.29 is 24.1 Å². The van der Waals surface area contributed by atoms with Crippen molar-refractivity contribution in [2.45, 2.75) is 50.8 Å². The standard InChI is InChI=1S/C11H18O5/c1-11(2)15-9-6(5-8(13)14-3)4-7(12)10(9)16-11/h6-7,9-10,12H,4-5H2,1-3H3/t6-,7-,9-,10+/m1/s1. The highest BCUT2D eigenvalue weighted by atomic mass is 16.8. The van der Waals surface area contributed by atoms with Crippen LogP contribution in [0.3, 0.4) is 0 Å². The lowest BCUT2D eigenvalue weighted by Crippen LogP contribution is -2.28. The van der Waals surface area contributed by atoms with E-state index in [1.807, 2.05) is 13.8 Å². The van der Waals surface area contributed by atoms with E-state index in [0.717, 1.165) is 0 Å². The number of ether oxygens (including phenoxy) is 3. The Morgan fingerprint density at radius 2 is 2.06 bits per heavy atom. The molecule has 1 aliphatic heterocycles. The van der Waals surface area contributed by atoms with Gasteiger partial charge in [-0.1, -0.05) is 0 Å². The summed E-state index contributed by atoms with van der Waals surface area (Å²) in [7, 11) is 1.36. The van der Waals surface area contributed by atoms with E-state index in [9.17, 15) is 9.90 Å². The molecule has 0 spiro atoms. The van der Waals surface area contributed by atoms with E-state index in [2.05, 4.69) is 4.74 Å². The molecule has 2 aliphatic rings. The molecule has 1 aliphatic carbocycles. The fourth-order valence-corrected chi connectivity index (χ4v) is 2.55. The van der Waals surface area contributed by atoms with Gasteiger partial charge in [-0.2, -0.15) is 0 Å². The minimum Gasteiger partial charge on any atom is -0.469 e. The van der Waals surface area contributed by atoms with Gasteiger partial charge in [0.15, 0.2) is 5.79 Å². The molecule has 5 nitrogen and oxygen atoms in total. The summed E-state index contributed by atoms with van der Waals surface area (Å²) >= 11 is 0. The molecule has 2 fully saturated rings. The lowest BCUT2D eigenvalue weighted by atomic mass is 10.0. The Labute approximate surface area is 94.7 Å². The van der Waals surface area contributed by atoms with Gasteiger partial charge in [0, 0.05) is 5.92 Å². The first-order valence-electron chi connectivity index (χ1n) is 5.53. The maximum Gasteiger partial charge on any atom is 0.305 e. The Hall–Kier alpha value is -0.650. The van der Waals surface area contributed by atoms with Crippen molar-refractivity contribution in [3.63, 3.8) is 0 Å². The van der Waals surface area contributed by atoms with E-state index in [1.165, 1.54) is 7.11 Å². The van der Waals surface area contributed by atoms with Crippen LogP contribution in [0.4, 0.5) is 0 Å². The Morgan fingerprint density at radius 1 is 1.44 bits per heavy atom. The number of carbonyl (C=O) groups is 1. The maximum absolute atomic E-state index is 11.2. The number of methoxy groups -OCH3 is 1. The van der Waals surface area contributed by atoms with E-state index in [4.69, 9.17) is 9.47 Å². The number of hydrogen-bond acceptors (Lipinski definition) is 5. The number of aliphatic hydroxyl groups excluding tert-OH is 1. The van der Waals surface area contributed by atoms with Gasteiger partial charge >= 0.3 is 5.97 Å². The van der Waals surface area contributed by atoms with Crippen molar-refractivity contribution in [1.82, 2.24) is 0 Å². The monoisotopic (exact) mass is 230 g/mol. The zero-order valence-corrected chi connectivity index (χ0v) is 9.80. The first-order chi connectivity index (χ1) is 7.43. The molecule has 16 heavy (non-hydrogen) atoms. The molecule has 0 aromatic carbocycles. The van der Waals surface area contributed by atoms with Crippen molar-refractivity contribution in [2.24, 2.45) is 5.92 Å². The largest absolute Gasteiger partial charge is 0.469 e.